The number of likely N-dealkylation sites (tertiary alicyclic amines) is 1. The van der Waals surface area contributed by atoms with Gasteiger partial charge in [0.15, 0.2) is 0 Å². The van der Waals surface area contributed by atoms with Gasteiger partial charge in [0.2, 0.25) is 0 Å². The second kappa shape index (κ2) is 6.79. The quantitative estimate of drug-likeness (QED) is 0.805. The second-order valence-electron chi connectivity index (χ2n) is 6.77. The van der Waals surface area contributed by atoms with E-state index in [2.05, 4.69) is 5.32 Å². The van der Waals surface area contributed by atoms with Crippen LogP contribution in [0, 0.1) is 5.92 Å². The van der Waals surface area contributed by atoms with Gasteiger partial charge in [-0.25, -0.2) is 4.79 Å². The minimum atomic E-state index is 0.134. The van der Waals surface area contributed by atoms with Gasteiger partial charge >= 0.3 is 6.03 Å². The Labute approximate surface area is 122 Å². The number of hydrogen-bond acceptors (Lipinski definition) is 2. The van der Waals surface area contributed by atoms with E-state index in [1.54, 1.807) is 0 Å². The molecule has 0 bridgehead atoms. The first-order chi connectivity index (χ1) is 9.81. The van der Waals surface area contributed by atoms with Crippen LogP contribution in [0.25, 0.3) is 0 Å². The third kappa shape index (κ3) is 4.11. The van der Waals surface area contributed by atoms with Crippen molar-refractivity contribution in [2.45, 2.75) is 69.9 Å². The van der Waals surface area contributed by atoms with Crippen LogP contribution in [0.4, 0.5) is 4.79 Å². The SMILES string of the molecule is O=C(NC1CCCCCC1)N1CCC(OCC2CC2)C1. The highest BCUT2D eigenvalue weighted by atomic mass is 16.5. The lowest BCUT2D eigenvalue weighted by Crippen LogP contribution is -2.44. The topological polar surface area (TPSA) is 41.6 Å². The van der Waals surface area contributed by atoms with Crippen molar-refractivity contribution in [2.24, 2.45) is 5.92 Å². The average Bonchev–Trinajstić information content (AvgIpc) is 3.21. The summed E-state index contributed by atoms with van der Waals surface area (Å²) in [6, 6.07) is 0.533. The number of nitrogens with one attached hydrogen (secondary N) is 1. The fourth-order valence-corrected chi connectivity index (χ4v) is 3.30. The van der Waals surface area contributed by atoms with E-state index in [0.717, 1.165) is 44.9 Å². The predicted octanol–water partition coefficient (Wildman–Crippen LogP) is 2.92. The van der Waals surface area contributed by atoms with Crippen LogP contribution in [0.1, 0.15) is 57.8 Å². The van der Waals surface area contributed by atoms with Crippen LogP contribution < -0.4 is 5.32 Å². The summed E-state index contributed by atoms with van der Waals surface area (Å²) in [6.07, 6.45) is 11.4. The molecule has 1 aliphatic heterocycles. The van der Waals surface area contributed by atoms with Crippen molar-refractivity contribution in [3.8, 4) is 0 Å². The molecular weight excluding hydrogens is 252 g/mol. The number of hydrogen-bond donors (Lipinski definition) is 1. The van der Waals surface area contributed by atoms with E-state index in [1.165, 1.54) is 38.5 Å². The third-order valence-electron chi connectivity index (χ3n) is 4.88. The molecule has 1 saturated heterocycles. The number of rotatable bonds is 4. The molecule has 0 aromatic heterocycles. The smallest absolute Gasteiger partial charge is 0.317 e. The number of urea groups is 1. The van der Waals surface area contributed by atoms with Crippen molar-refractivity contribution in [3.63, 3.8) is 0 Å². The van der Waals surface area contributed by atoms with Crippen molar-refractivity contribution in [1.82, 2.24) is 10.2 Å². The molecule has 0 aromatic rings. The molecule has 1 atom stereocenters. The van der Waals surface area contributed by atoms with Crippen molar-refractivity contribution >= 4 is 6.03 Å². The van der Waals surface area contributed by atoms with Crippen LogP contribution in [-0.4, -0.2) is 42.8 Å². The largest absolute Gasteiger partial charge is 0.376 e. The molecule has 3 rings (SSSR count). The van der Waals surface area contributed by atoms with Crippen LogP contribution in [-0.2, 0) is 4.74 Å². The zero-order valence-electron chi connectivity index (χ0n) is 12.5. The first-order valence-electron chi connectivity index (χ1n) is 8.48. The molecule has 4 heteroatoms. The predicted molar refractivity (Wildman–Crippen MR) is 78.7 cm³/mol. The number of carbonyl (C=O) groups is 1. The van der Waals surface area contributed by atoms with Crippen LogP contribution >= 0.6 is 0 Å². The highest BCUT2D eigenvalue weighted by Gasteiger charge is 2.30. The van der Waals surface area contributed by atoms with Gasteiger partial charge in [0, 0.05) is 25.7 Å². The summed E-state index contributed by atoms with van der Waals surface area (Å²) < 4.78 is 5.90. The van der Waals surface area contributed by atoms with E-state index in [0.29, 0.717) is 6.04 Å². The Morgan fingerprint density at radius 2 is 1.80 bits per heavy atom. The lowest BCUT2D eigenvalue weighted by Gasteiger charge is -2.22. The minimum Gasteiger partial charge on any atom is -0.376 e. The lowest BCUT2D eigenvalue weighted by molar-refractivity contribution is 0.0537. The molecule has 1 unspecified atom stereocenters. The van der Waals surface area contributed by atoms with Gasteiger partial charge in [-0.15, -0.1) is 0 Å². The van der Waals surface area contributed by atoms with Gasteiger partial charge in [0.05, 0.1) is 6.10 Å². The van der Waals surface area contributed by atoms with E-state index in [1.807, 2.05) is 4.90 Å². The Morgan fingerprint density at radius 1 is 1.05 bits per heavy atom. The van der Waals surface area contributed by atoms with Gasteiger partial charge in [0.1, 0.15) is 0 Å². The zero-order valence-corrected chi connectivity index (χ0v) is 12.5. The van der Waals surface area contributed by atoms with Crippen LogP contribution in [0.2, 0.25) is 0 Å². The molecule has 2 aliphatic carbocycles. The van der Waals surface area contributed by atoms with E-state index in [4.69, 9.17) is 4.74 Å². The van der Waals surface area contributed by atoms with Gasteiger partial charge in [-0.2, -0.15) is 0 Å². The van der Waals surface area contributed by atoms with Crippen molar-refractivity contribution in [3.05, 3.63) is 0 Å². The average molecular weight is 280 g/mol. The molecule has 1 N–H and O–H groups in total. The van der Waals surface area contributed by atoms with Gasteiger partial charge in [-0.1, -0.05) is 25.7 Å². The number of nitrogens with zero attached hydrogens (tertiary/aromatic N) is 1. The summed E-state index contributed by atoms with van der Waals surface area (Å²) in [5, 5.41) is 3.23. The summed E-state index contributed by atoms with van der Waals surface area (Å²) in [7, 11) is 0. The Morgan fingerprint density at radius 3 is 2.50 bits per heavy atom. The van der Waals surface area contributed by atoms with E-state index in [-0.39, 0.29) is 12.1 Å². The number of amides is 2. The molecule has 1 heterocycles. The van der Waals surface area contributed by atoms with E-state index >= 15 is 0 Å². The molecule has 0 spiro atoms. The zero-order chi connectivity index (χ0) is 13.8. The molecule has 0 aromatic carbocycles. The van der Waals surface area contributed by atoms with Crippen molar-refractivity contribution in [2.75, 3.05) is 19.7 Å². The van der Waals surface area contributed by atoms with E-state index in [9.17, 15) is 4.79 Å². The fraction of sp³-hybridized carbons (Fsp3) is 0.938. The number of carbonyl (C=O) groups excluding carboxylic acids is 1. The van der Waals surface area contributed by atoms with Crippen molar-refractivity contribution < 1.29 is 9.53 Å². The Hall–Kier alpha value is -0.770. The second-order valence-corrected chi connectivity index (χ2v) is 6.77. The minimum absolute atomic E-state index is 0.134. The monoisotopic (exact) mass is 280 g/mol. The summed E-state index contributed by atoms with van der Waals surface area (Å²) in [5.41, 5.74) is 0. The van der Waals surface area contributed by atoms with Crippen molar-refractivity contribution in [1.29, 1.82) is 0 Å². The lowest BCUT2D eigenvalue weighted by atomic mass is 10.1. The molecule has 2 amide bonds. The first-order valence-corrected chi connectivity index (χ1v) is 8.48. The van der Waals surface area contributed by atoms with Gasteiger partial charge < -0.3 is 15.0 Å². The normalized spacial score (nSPS) is 28.4. The van der Waals surface area contributed by atoms with Gasteiger partial charge in [-0.05, 0) is 38.0 Å². The number of ether oxygens (including phenoxy) is 1. The maximum Gasteiger partial charge on any atom is 0.317 e. The fourth-order valence-electron chi connectivity index (χ4n) is 3.30. The Bertz CT molecular complexity index is 322. The highest BCUT2D eigenvalue weighted by molar-refractivity contribution is 5.74. The Balaban J connectivity index is 1.38. The first kappa shape index (κ1) is 14.2. The molecule has 3 fully saturated rings. The summed E-state index contributed by atoms with van der Waals surface area (Å²) in [4.78, 5) is 14.2. The standard InChI is InChI=1S/C16H28N2O2/c19-16(17-14-5-3-1-2-4-6-14)18-10-9-15(11-18)20-12-13-7-8-13/h13-15H,1-12H2,(H,17,19). The molecular formula is C16H28N2O2. The molecule has 4 nitrogen and oxygen atoms in total. The van der Waals surface area contributed by atoms with Gasteiger partial charge in [0.25, 0.3) is 0 Å². The van der Waals surface area contributed by atoms with Crippen LogP contribution in [0.5, 0.6) is 0 Å². The van der Waals surface area contributed by atoms with E-state index < -0.39 is 0 Å². The summed E-state index contributed by atoms with van der Waals surface area (Å²) in [5.74, 6) is 0.809. The van der Waals surface area contributed by atoms with Crippen LogP contribution in [0.3, 0.4) is 0 Å². The van der Waals surface area contributed by atoms with Crippen LogP contribution in [0.15, 0.2) is 0 Å². The maximum absolute atomic E-state index is 12.3. The summed E-state index contributed by atoms with van der Waals surface area (Å²) >= 11 is 0. The molecule has 20 heavy (non-hydrogen) atoms. The third-order valence-corrected chi connectivity index (χ3v) is 4.88. The summed E-state index contributed by atoms with van der Waals surface area (Å²) in [6.45, 7) is 2.54. The molecule has 0 radical (unpaired) electrons. The maximum atomic E-state index is 12.3. The highest BCUT2D eigenvalue weighted by Crippen LogP contribution is 2.30. The van der Waals surface area contributed by atoms with Gasteiger partial charge in [-0.3, -0.25) is 0 Å². The molecule has 3 aliphatic rings. The Kier molecular flexibility index (Phi) is 4.81. The molecule has 2 saturated carbocycles. The molecule has 114 valence electrons.